The first kappa shape index (κ1) is 15.1. The topological polar surface area (TPSA) is 26.0 Å². The van der Waals surface area contributed by atoms with Gasteiger partial charge in [0, 0.05) is 12.0 Å². The van der Waals surface area contributed by atoms with Crippen LogP contribution < -0.4 is 5.73 Å². The van der Waals surface area contributed by atoms with Crippen molar-refractivity contribution >= 4 is 17.0 Å². The number of allylic oxidation sites excluding steroid dienone is 2. The van der Waals surface area contributed by atoms with Gasteiger partial charge in [0.05, 0.1) is 0 Å². The lowest BCUT2D eigenvalue weighted by Crippen LogP contribution is -2.34. The fraction of sp³-hybridized carbons (Fsp3) is 0.286. The Labute approximate surface area is 109 Å². The Kier molecular flexibility index (Phi) is 7.02. The van der Waals surface area contributed by atoms with Crippen LogP contribution in [0.3, 0.4) is 0 Å². The van der Waals surface area contributed by atoms with Crippen LogP contribution in [0.2, 0.25) is 0 Å². The molecule has 1 aromatic rings. The lowest BCUT2D eigenvalue weighted by atomic mass is 9.75. The zero-order chi connectivity index (χ0) is 11.1. The maximum Gasteiger partial charge on any atom is 0.0144 e. The Balaban J connectivity index is 0.00000225. The van der Waals surface area contributed by atoms with E-state index in [1.807, 2.05) is 30.4 Å². The third-order valence-corrected chi connectivity index (χ3v) is 2.85. The highest BCUT2D eigenvalue weighted by atomic mass is 79.9. The van der Waals surface area contributed by atoms with E-state index in [0.717, 1.165) is 12.8 Å². The van der Waals surface area contributed by atoms with Crippen molar-refractivity contribution in [3.05, 3.63) is 61.2 Å². The number of nitrogens with two attached hydrogens (primary N) is 1. The third-order valence-electron chi connectivity index (χ3n) is 2.85. The van der Waals surface area contributed by atoms with E-state index in [1.165, 1.54) is 5.56 Å². The van der Waals surface area contributed by atoms with Gasteiger partial charge in [0.25, 0.3) is 0 Å². The van der Waals surface area contributed by atoms with E-state index >= 15 is 0 Å². The van der Waals surface area contributed by atoms with Crippen LogP contribution in [0.25, 0.3) is 0 Å². The van der Waals surface area contributed by atoms with Crippen molar-refractivity contribution in [3.8, 4) is 0 Å². The SMILES string of the molecule is Br.C=CCC(CN)(CC=C)c1ccccc1. The van der Waals surface area contributed by atoms with E-state index in [9.17, 15) is 0 Å². The summed E-state index contributed by atoms with van der Waals surface area (Å²) < 4.78 is 0. The molecule has 0 aliphatic carbocycles. The molecule has 2 N–H and O–H groups in total. The van der Waals surface area contributed by atoms with Crippen LogP contribution in [-0.2, 0) is 5.41 Å². The summed E-state index contributed by atoms with van der Waals surface area (Å²) in [5.74, 6) is 0. The molecule has 0 saturated heterocycles. The Hall–Kier alpha value is -0.860. The van der Waals surface area contributed by atoms with Crippen LogP contribution >= 0.6 is 17.0 Å². The largest absolute Gasteiger partial charge is 0.330 e. The van der Waals surface area contributed by atoms with Gasteiger partial charge < -0.3 is 5.73 Å². The fourth-order valence-corrected chi connectivity index (χ4v) is 1.95. The van der Waals surface area contributed by atoms with E-state index < -0.39 is 0 Å². The fourth-order valence-electron chi connectivity index (χ4n) is 1.95. The quantitative estimate of drug-likeness (QED) is 0.792. The zero-order valence-electron chi connectivity index (χ0n) is 9.56. The van der Waals surface area contributed by atoms with Gasteiger partial charge in [-0.2, -0.15) is 0 Å². The average Bonchev–Trinajstić information content (AvgIpc) is 2.30. The van der Waals surface area contributed by atoms with E-state index in [1.54, 1.807) is 0 Å². The summed E-state index contributed by atoms with van der Waals surface area (Å²) >= 11 is 0. The minimum absolute atomic E-state index is 0. The summed E-state index contributed by atoms with van der Waals surface area (Å²) in [4.78, 5) is 0. The van der Waals surface area contributed by atoms with Crippen molar-refractivity contribution < 1.29 is 0 Å². The summed E-state index contributed by atoms with van der Waals surface area (Å²) in [5.41, 5.74) is 7.16. The van der Waals surface area contributed by atoms with Gasteiger partial charge in [-0.1, -0.05) is 42.5 Å². The normalized spacial score (nSPS) is 10.3. The Bertz CT molecular complexity index is 309. The predicted molar refractivity (Wildman–Crippen MR) is 77.1 cm³/mol. The highest BCUT2D eigenvalue weighted by Crippen LogP contribution is 2.31. The summed E-state index contributed by atoms with van der Waals surface area (Å²) in [5, 5.41) is 0. The third kappa shape index (κ3) is 3.32. The summed E-state index contributed by atoms with van der Waals surface area (Å²) in [6.45, 7) is 8.24. The lowest BCUT2D eigenvalue weighted by Gasteiger charge is -2.31. The molecule has 0 amide bonds. The van der Waals surface area contributed by atoms with E-state index in [2.05, 4.69) is 25.3 Å². The molecule has 0 heterocycles. The molecule has 0 bridgehead atoms. The van der Waals surface area contributed by atoms with Crippen LogP contribution in [-0.4, -0.2) is 6.54 Å². The molecule has 2 heteroatoms. The number of benzene rings is 1. The second kappa shape index (κ2) is 7.42. The van der Waals surface area contributed by atoms with Crippen molar-refractivity contribution in [2.75, 3.05) is 6.54 Å². The van der Waals surface area contributed by atoms with Crippen molar-refractivity contribution in [3.63, 3.8) is 0 Å². The van der Waals surface area contributed by atoms with Crippen molar-refractivity contribution in [1.29, 1.82) is 0 Å². The predicted octanol–water partition coefficient (Wildman–Crippen LogP) is 3.61. The molecule has 1 aromatic carbocycles. The minimum Gasteiger partial charge on any atom is -0.330 e. The first-order chi connectivity index (χ1) is 7.29. The smallest absolute Gasteiger partial charge is 0.0144 e. The molecule has 88 valence electrons. The van der Waals surface area contributed by atoms with Gasteiger partial charge in [0.1, 0.15) is 0 Å². The second-order valence-electron chi connectivity index (χ2n) is 3.84. The summed E-state index contributed by atoms with van der Waals surface area (Å²) in [7, 11) is 0. The molecule has 0 atom stereocenters. The molecule has 0 radical (unpaired) electrons. The highest BCUT2D eigenvalue weighted by Gasteiger charge is 2.27. The maximum absolute atomic E-state index is 5.92. The summed E-state index contributed by atoms with van der Waals surface area (Å²) in [6.07, 6.45) is 5.64. The van der Waals surface area contributed by atoms with Gasteiger partial charge in [-0.3, -0.25) is 0 Å². The first-order valence-electron chi connectivity index (χ1n) is 5.26. The maximum atomic E-state index is 5.92. The highest BCUT2D eigenvalue weighted by molar-refractivity contribution is 8.93. The van der Waals surface area contributed by atoms with Crippen LogP contribution in [0.15, 0.2) is 55.6 Å². The molecule has 1 rings (SSSR count). The molecule has 0 aliphatic heterocycles. The number of rotatable bonds is 6. The molecule has 0 saturated carbocycles. The Morgan fingerprint density at radius 3 is 1.94 bits per heavy atom. The van der Waals surface area contributed by atoms with Crippen LogP contribution in [0.1, 0.15) is 18.4 Å². The van der Waals surface area contributed by atoms with E-state index in [0.29, 0.717) is 6.54 Å². The van der Waals surface area contributed by atoms with Gasteiger partial charge in [-0.05, 0) is 18.4 Å². The minimum atomic E-state index is -0.0231. The lowest BCUT2D eigenvalue weighted by molar-refractivity contribution is 0.448. The van der Waals surface area contributed by atoms with Gasteiger partial charge >= 0.3 is 0 Å². The molecule has 0 aliphatic rings. The van der Waals surface area contributed by atoms with Crippen molar-refractivity contribution in [2.24, 2.45) is 5.73 Å². The monoisotopic (exact) mass is 281 g/mol. The number of halogens is 1. The van der Waals surface area contributed by atoms with Gasteiger partial charge in [0.15, 0.2) is 0 Å². The number of hydrogen-bond acceptors (Lipinski definition) is 1. The Morgan fingerprint density at radius 1 is 1.06 bits per heavy atom. The number of hydrogen-bond donors (Lipinski definition) is 1. The second-order valence-corrected chi connectivity index (χ2v) is 3.84. The van der Waals surface area contributed by atoms with Gasteiger partial charge in [-0.25, -0.2) is 0 Å². The molecule has 16 heavy (non-hydrogen) atoms. The Morgan fingerprint density at radius 2 is 1.56 bits per heavy atom. The first-order valence-corrected chi connectivity index (χ1v) is 5.26. The van der Waals surface area contributed by atoms with Crippen LogP contribution in [0, 0.1) is 0 Å². The zero-order valence-corrected chi connectivity index (χ0v) is 11.3. The van der Waals surface area contributed by atoms with Crippen LogP contribution in [0.5, 0.6) is 0 Å². The van der Waals surface area contributed by atoms with Crippen molar-refractivity contribution in [1.82, 2.24) is 0 Å². The van der Waals surface area contributed by atoms with Crippen molar-refractivity contribution in [2.45, 2.75) is 18.3 Å². The molecule has 0 fully saturated rings. The molecular formula is C14H20BrN. The molecule has 0 unspecified atom stereocenters. The van der Waals surface area contributed by atoms with Gasteiger partial charge in [-0.15, -0.1) is 30.1 Å². The summed E-state index contributed by atoms with van der Waals surface area (Å²) in [6, 6.07) is 10.4. The molecular weight excluding hydrogens is 262 g/mol. The molecule has 1 nitrogen and oxygen atoms in total. The standard InChI is InChI=1S/C14H19N.BrH/c1-3-10-14(12-15,11-4-2)13-8-6-5-7-9-13;/h3-9H,1-2,10-12,15H2;1H. The van der Waals surface area contributed by atoms with Crippen LogP contribution in [0.4, 0.5) is 0 Å². The average molecular weight is 282 g/mol. The van der Waals surface area contributed by atoms with Gasteiger partial charge in [0.2, 0.25) is 0 Å². The van der Waals surface area contributed by atoms with E-state index in [4.69, 9.17) is 5.73 Å². The molecule has 0 aromatic heterocycles. The van der Waals surface area contributed by atoms with E-state index in [-0.39, 0.29) is 22.4 Å². The molecule has 0 spiro atoms.